The van der Waals surface area contributed by atoms with E-state index in [1.807, 2.05) is 0 Å². The second-order valence-corrected chi connectivity index (χ2v) is 11.3. The van der Waals surface area contributed by atoms with Crippen LogP contribution < -0.4 is 0 Å². The molecule has 8 atom stereocenters. The number of nitroso groups, excluding NO2 is 1. The third-order valence-electron chi connectivity index (χ3n) is 9.53. The van der Waals surface area contributed by atoms with Crippen molar-refractivity contribution in [2.45, 2.75) is 97.6 Å². The van der Waals surface area contributed by atoms with E-state index in [9.17, 15) is 9.39 Å². The predicted molar refractivity (Wildman–Crippen MR) is 118 cm³/mol. The average molecular weight is 421 g/mol. The smallest absolute Gasteiger partial charge is 0.0957 e. The fourth-order valence-electron chi connectivity index (χ4n) is 7.82. The highest BCUT2D eigenvalue weighted by Gasteiger charge is 2.54. The van der Waals surface area contributed by atoms with Crippen molar-refractivity contribution < 1.29 is 9.32 Å². The van der Waals surface area contributed by atoms with Gasteiger partial charge in [0.25, 0.3) is 0 Å². The van der Waals surface area contributed by atoms with Crippen LogP contribution in [0.2, 0.25) is 0 Å². The van der Waals surface area contributed by atoms with Gasteiger partial charge in [0, 0.05) is 0 Å². The summed E-state index contributed by atoms with van der Waals surface area (Å²) >= 11 is 0. The van der Waals surface area contributed by atoms with Crippen LogP contribution in [0.5, 0.6) is 0 Å². The van der Waals surface area contributed by atoms with Gasteiger partial charge in [-0.3, -0.25) is 4.84 Å². The summed E-state index contributed by atoms with van der Waals surface area (Å²) in [5, 5.41) is 3.87. The van der Waals surface area contributed by atoms with Crippen LogP contribution in [0.1, 0.15) is 85.5 Å². The Bertz CT molecular complexity index is 653. The van der Waals surface area contributed by atoms with E-state index in [1.54, 1.807) is 19.4 Å². The molecule has 3 fully saturated rings. The third kappa shape index (κ3) is 4.01. The molecule has 0 spiro atoms. The van der Waals surface area contributed by atoms with Gasteiger partial charge in [0.2, 0.25) is 0 Å². The lowest BCUT2D eigenvalue weighted by Crippen LogP contribution is -2.47. The van der Waals surface area contributed by atoms with E-state index in [0.29, 0.717) is 23.2 Å². The number of hydrogen-bond acceptors (Lipinski definition) is 4. The van der Waals surface area contributed by atoms with Crippen LogP contribution in [-0.4, -0.2) is 24.0 Å². The molecule has 0 saturated heterocycles. The van der Waals surface area contributed by atoms with E-state index in [1.165, 1.54) is 32.1 Å². The van der Waals surface area contributed by atoms with Gasteiger partial charge in [-0.25, -0.2) is 0 Å². The maximum atomic E-state index is 13.6. The third-order valence-corrected chi connectivity index (χ3v) is 9.53. The molecule has 0 bridgehead atoms. The highest BCUT2D eigenvalue weighted by molar-refractivity contribution is 5.25. The minimum atomic E-state index is -0.227. The fourth-order valence-corrected chi connectivity index (χ4v) is 7.82. The van der Waals surface area contributed by atoms with Gasteiger partial charge in [0.1, 0.15) is 0 Å². The largest absolute Gasteiger partial charge is 0.270 e. The van der Waals surface area contributed by atoms with Crippen molar-refractivity contribution >= 4 is 0 Å². The van der Waals surface area contributed by atoms with Crippen molar-refractivity contribution in [3.05, 3.63) is 16.6 Å². The molecule has 4 aliphatic carbocycles. The zero-order valence-electron chi connectivity index (χ0n) is 19.4. The van der Waals surface area contributed by atoms with Gasteiger partial charge in [-0.2, -0.15) is 4.91 Å². The quantitative estimate of drug-likeness (QED) is 0.195. The van der Waals surface area contributed by atoms with Crippen LogP contribution in [0.25, 0.3) is 0 Å². The molecule has 3 saturated carbocycles. The first-order chi connectivity index (χ1) is 14.3. The van der Waals surface area contributed by atoms with Crippen LogP contribution in [0.15, 0.2) is 16.8 Å². The molecule has 0 radical (unpaired) electrons. The minimum absolute atomic E-state index is 0.00656. The Balaban J connectivity index is 1.39. The molecule has 170 valence electrons. The number of rotatable bonds is 7. The van der Waals surface area contributed by atoms with Crippen molar-refractivity contribution in [3.63, 3.8) is 0 Å². The van der Waals surface area contributed by atoms with Gasteiger partial charge in [0.05, 0.1) is 18.7 Å². The van der Waals surface area contributed by atoms with Crippen molar-refractivity contribution in [1.29, 1.82) is 0 Å². The van der Waals surface area contributed by atoms with E-state index in [4.69, 9.17) is 4.84 Å². The molecule has 0 N–H and O–H groups in total. The number of hydrogen-bond donors (Lipinski definition) is 0. The van der Waals surface area contributed by atoms with Gasteiger partial charge in [0.15, 0.2) is 0 Å². The molecular formula is C25H41FN2O2. The molecule has 0 heterocycles. The number of hydroxylamine groups is 1. The van der Waals surface area contributed by atoms with E-state index < -0.39 is 0 Å². The van der Waals surface area contributed by atoms with E-state index in [-0.39, 0.29) is 12.1 Å². The summed E-state index contributed by atoms with van der Waals surface area (Å²) in [6.45, 7) is 8.92. The van der Waals surface area contributed by atoms with Crippen molar-refractivity contribution in [3.8, 4) is 0 Å². The molecule has 7 unspecified atom stereocenters. The molecule has 0 aliphatic heterocycles. The summed E-state index contributed by atoms with van der Waals surface area (Å²) in [7, 11) is 0. The second-order valence-electron chi connectivity index (χ2n) is 11.3. The predicted octanol–water partition coefficient (Wildman–Crippen LogP) is 6.86. The highest BCUT2D eigenvalue weighted by atomic mass is 19.2. The maximum Gasteiger partial charge on any atom is 0.0957 e. The zero-order valence-corrected chi connectivity index (χ0v) is 19.4. The Morgan fingerprint density at radius 2 is 1.93 bits per heavy atom. The summed E-state index contributed by atoms with van der Waals surface area (Å²) in [5.74, 6) is 4.64. The van der Waals surface area contributed by atoms with E-state index >= 15 is 0 Å². The lowest BCUT2D eigenvalue weighted by atomic mass is 9.50. The first-order valence-corrected chi connectivity index (χ1v) is 12.4. The molecule has 0 aromatic rings. The normalized spacial score (nSPS) is 41.8. The second kappa shape index (κ2) is 8.97. The summed E-state index contributed by atoms with van der Waals surface area (Å²) in [6, 6.07) is -0.221. The van der Waals surface area contributed by atoms with Crippen LogP contribution >= 0.6 is 0 Å². The highest BCUT2D eigenvalue weighted by Crippen LogP contribution is 2.63. The number of fused-ring (bicyclic) bond motifs is 5. The van der Waals surface area contributed by atoms with Gasteiger partial charge in [-0.05, 0) is 118 Å². The molecule has 4 rings (SSSR count). The van der Waals surface area contributed by atoms with Crippen LogP contribution in [0, 0.1) is 45.8 Å². The molecule has 0 amide bonds. The van der Waals surface area contributed by atoms with E-state index in [2.05, 4.69) is 25.1 Å². The van der Waals surface area contributed by atoms with Gasteiger partial charge in [-0.1, -0.05) is 30.7 Å². The molecule has 5 heteroatoms. The van der Waals surface area contributed by atoms with Gasteiger partial charge in [-0.15, -0.1) is 4.48 Å². The molecule has 30 heavy (non-hydrogen) atoms. The standard InChI is InChI=1S/C25H41FN2O2/c1-16(2)28(26)30-14-12-17(3)20-7-8-22-21(20)9-10-24-23(22)6-5-18-15-19(27-29)11-13-25(18,24)4/h5,16-17,19-24H,6-15H2,1-4H3/t17-,19?,20?,21?,22?,23?,24?,25?/m1/s1. The van der Waals surface area contributed by atoms with Crippen LogP contribution in [-0.2, 0) is 4.84 Å². The Labute approximate surface area is 181 Å². The van der Waals surface area contributed by atoms with Crippen LogP contribution in [0.4, 0.5) is 4.48 Å². The summed E-state index contributed by atoms with van der Waals surface area (Å²) in [4.78, 5) is 16.4. The molecular weight excluding hydrogens is 379 g/mol. The summed E-state index contributed by atoms with van der Waals surface area (Å²) in [5.41, 5.74) is 1.84. The number of nitrogens with zero attached hydrogens (tertiary/aromatic N) is 2. The summed E-state index contributed by atoms with van der Waals surface area (Å²) in [6.07, 6.45) is 13.0. The summed E-state index contributed by atoms with van der Waals surface area (Å²) < 4.78 is 13.6. The Morgan fingerprint density at radius 3 is 2.67 bits per heavy atom. The molecule has 4 aliphatic rings. The van der Waals surface area contributed by atoms with Gasteiger partial charge >= 0.3 is 0 Å². The van der Waals surface area contributed by atoms with E-state index in [0.717, 1.165) is 55.3 Å². The van der Waals surface area contributed by atoms with Crippen molar-refractivity contribution in [2.24, 2.45) is 46.1 Å². The first kappa shape index (κ1) is 22.4. The Kier molecular flexibility index (Phi) is 6.70. The molecule has 4 nitrogen and oxygen atoms in total. The fraction of sp³-hybridized carbons (Fsp3) is 0.920. The Morgan fingerprint density at radius 1 is 1.17 bits per heavy atom. The number of halogens is 1. The average Bonchev–Trinajstić information content (AvgIpc) is 3.17. The van der Waals surface area contributed by atoms with Crippen LogP contribution in [0.3, 0.4) is 0 Å². The maximum absolute atomic E-state index is 13.6. The van der Waals surface area contributed by atoms with Gasteiger partial charge < -0.3 is 0 Å². The number of allylic oxidation sites excluding steroid dienone is 1. The zero-order chi connectivity index (χ0) is 21.5. The monoisotopic (exact) mass is 420 g/mol. The van der Waals surface area contributed by atoms with Crippen molar-refractivity contribution in [1.82, 2.24) is 5.29 Å². The lowest BCUT2D eigenvalue weighted by Gasteiger charge is -2.55. The van der Waals surface area contributed by atoms with Crippen molar-refractivity contribution in [2.75, 3.05) is 6.61 Å². The topological polar surface area (TPSA) is 41.9 Å². The molecule has 0 aromatic heterocycles. The molecule has 0 aromatic carbocycles. The Hall–Kier alpha value is -0.810. The lowest BCUT2D eigenvalue weighted by molar-refractivity contribution is -0.299. The SMILES string of the molecule is CC(C)N(F)OCC[C@@H](C)C1CCC2C1CCC1C2CC=C2CC(N=O)CCC21C. The first-order valence-electron chi connectivity index (χ1n) is 12.4. The minimum Gasteiger partial charge on any atom is -0.270 e.